The van der Waals surface area contributed by atoms with Crippen molar-refractivity contribution in [1.82, 2.24) is 0 Å². The summed E-state index contributed by atoms with van der Waals surface area (Å²) in [6.45, 7) is 4.06. The highest BCUT2D eigenvalue weighted by molar-refractivity contribution is 6.21. The van der Waals surface area contributed by atoms with Crippen LogP contribution in [0.25, 0.3) is 71.4 Å². The van der Waals surface area contributed by atoms with Crippen LogP contribution in [-0.4, -0.2) is 11.5 Å². The predicted octanol–water partition coefficient (Wildman–Crippen LogP) is 13.5. The minimum Gasteiger partial charge on any atom is -0.456 e. The maximum Gasteiger partial charge on any atom is 0.160 e. The standard InChI is InChI=1S/C50H36N2O/c1-3-45(38-30-31-40-39-20-14-15-25-46(39)53-47(40)32-38)52-50(51-33(2)34-16-6-4-7-17-34)37-28-26-36(27-29-37)49-43-23-12-10-21-41(43)48(35-18-8-5-9-19-35)42-22-11-13-24-44(42)49/h3-32H,1-2H3/b45-3-,51-33+,52-50-. The molecule has 9 aromatic rings. The van der Waals surface area contributed by atoms with Crippen LogP contribution in [0.15, 0.2) is 196 Å². The molecule has 3 nitrogen and oxygen atoms in total. The molecule has 0 fully saturated rings. The summed E-state index contributed by atoms with van der Waals surface area (Å²) in [7, 11) is 0. The molecule has 0 aliphatic rings. The molecule has 0 radical (unpaired) electrons. The van der Waals surface area contributed by atoms with E-state index < -0.39 is 0 Å². The fraction of sp³-hybridized carbons (Fsp3) is 0.0400. The number of fused-ring (bicyclic) bond motifs is 5. The molecule has 1 heterocycles. The highest BCUT2D eigenvalue weighted by Crippen LogP contribution is 2.43. The van der Waals surface area contributed by atoms with Crippen LogP contribution in [0.3, 0.4) is 0 Å². The lowest BCUT2D eigenvalue weighted by atomic mass is 9.86. The zero-order chi connectivity index (χ0) is 35.7. The third-order valence-corrected chi connectivity index (χ3v) is 10.1. The molecule has 0 aliphatic carbocycles. The van der Waals surface area contributed by atoms with Gasteiger partial charge in [0, 0.05) is 27.6 Å². The summed E-state index contributed by atoms with van der Waals surface area (Å²) in [6.07, 6.45) is 2.04. The van der Waals surface area contributed by atoms with E-state index >= 15 is 0 Å². The van der Waals surface area contributed by atoms with Gasteiger partial charge in [0.2, 0.25) is 0 Å². The Kier molecular flexibility index (Phi) is 8.30. The molecule has 252 valence electrons. The number of nitrogens with zero attached hydrogens (tertiary/aromatic N) is 2. The minimum absolute atomic E-state index is 0.643. The molecule has 3 heteroatoms. The zero-order valence-electron chi connectivity index (χ0n) is 29.6. The van der Waals surface area contributed by atoms with Gasteiger partial charge in [0.05, 0.1) is 5.70 Å². The number of amidine groups is 1. The summed E-state index contributed by atoms with van der Waals surface area (Å²) in [6, 6.07) is 61.7. The van der Waals surface area contributed by atoms with Gasteiger partial charge in [-0.1, -0.05) is 164 Å². The van der Waals surface area contributed by atoms with E-state index in [0.29, 0.717) is 5.84 Å². The van der Waals surface area contributed by atoms with Gasteiger partial charge in [-0.15, -0.1) is 0 Å². The smallest absolute Gasteiger partial charge is 0.160 e. The van der Waals surface area contributed by atoms with Gasteiger partial charge in [-0.3, -0.25) is 0 Å². The van der Waals surface area contributed by atoms with Crippen LogP contribution in [0.2, 0.25) is 0 Å². The number of rotatable bonds is 6. The van der Waals surface area contributed by atoms with Gasteiger partial charge in [-0.25, -0.2) is 9.98 Å². The van der Waals surface area contributed by atoms with E-state index in [9.17, 15) is 0 Å². The summed E-state index contributed by atoms with van der Waals surface area (Å²) >= 11 is 0. The Morgan fingerprint density at radius 3 is 1.53 bits per heavy atom. The Bertz CT molecular complexity index is 2820. The van der Waals surface area contributed by atoms with Crippen LogP contribution < -0.4 is 0 Å². The Morgan fingerprint density at radius 2 is 0.925 bits per heavy atom. The van der Waals surface area contributed by atoms with Crippen LogP contribution in [-0.2, 0) is 0 Å². The van der Waals surface area contributed by atoms with Gasteiger partial charge >= 0.3 is 0 Å². The molecule has 0 amide bonds. The average molecular weight is 681 g/mol. The van der Waals surface area contributed by atoms with E-state index in [4.69, 9.17) is 14.4 Å². The number of hydrogen-bond donors (Lipinski definition) is 0. The molecule has 0 bridgehead atoms. The SMILES string of the molecule is C\C=C(/N=C(\N=C(/C)c1ccccc1)c1ccc(-c2c3ccccc3c(-c3ccccc3)c3ccccc23)cc1)c1ccc2c(c1)oc1ccccc12. The van der Waals surface area contributed by atoms with E-state index in [2.05, 4.69) is 140 Å². The summed E-state index contributed by atoms with van der Waals surface area (Å²) in [4.78, 5) is 10.4. The van der Waals surface area contributed by atoms with Crippen molar-refractivity contribution in [2.75, 3.05) is 0 Å². The second-order valence-electron chi connectivity index (χ2n) is 13.3. The lowest BCUT2D eigenvalue weighted by Gasteiger charge is -2.18. The van der Waals surface area contributed by atoms with E-state index in [1.165, 1.54) is 38.2 Å². The maximum absolute atomic E-state index is 6.25. The first-order valence-corrected chi connectivity index (χ1v) is 18.0. The van der Waals surface area contributed by atoms with Gasteiger partial charge < -0.3 is 4.42 Å². The van der Waals surface area contributed by atoms with Gasteiger partial charge in [-0.2, -0.15) is 0 Å². The first kappa shape index (κ1) is 32.1. The fourth-order valence-corrected chi connectivity index (χ4v) is 7.49. The Labute approximate surface area is 308 Å². The Balaban J connectivity index is 1.18. The zero-order valence-corrected chi connectivity index (χ0v) is 29.6. The largest absolute Gasteiger partial charge is 0.456 e. The Hall–Kier alpha value is -6.84. The van der Waals surface area contributed by atoms with Gasteiger partial charge in [0.1, 0.15) is 11.2 Å². The van der Waals surface area contributed by atoms with E-state index in [1.807, 2.05) is 56.3 Å². The minimum atomic E-state index is 0.643. The molecule has 0 unspecified atom stereocenters. The second-order valence-corrected chi connectivity index (χ2v) is 13.3. The first-order chi connectivity index (χ1) is 26.2. The van der Waals surface area contributed by atoms with Crippen molar-refractivity contribution in [2.24, 2.45) is 9.98 Å². The molecule has 0 N–H and O–H groups in total. The number of allylic oxidation sites excluding steroid dienone is 1. The van der Waals surface area contributed by atoms with E-state index in [0.717, 1.165) is 55.6 Å². The van der Waals surface area contributed by atoms with Gasteiger partial charge in [-0.05, 0) is 81.4 Å². The molecule has 0 atom stereocenters. The van der Waals surface area contributed by atoms with Crippen molar-refractivity contribution < 1.29 is 4.42 Å². The fourth-order valence-electron chi connectivity index (χ4n) is 7.49. The molecule has 8 aromatic carbocycles. The van der Waals surface area contributed by atoms with Crippen LogP contribution in [0.4, 0.5) is 0 Å². The van der Waals surface area contributed by atoms with E-state index in [1.54, 1.807) is 0 Å². The quantitative estimate of drug-likeness (QED) is 0.0978. The first-order valence-electron chi connectivity index (χ1n) is 18.0. The number of benzene rings is 8. The molecule has 9 rings (SSSR count). The maximum atomic E-state index is 6.25. The van der Waals surface area contributed by atoms with Crippen LogP contribution >= 0.6 is 0 Å². The highest BCUT2D eigenvalue weighted by atomic mass is 16.3. The monoisotopic (exact) mass is 680 g/mol. The molecular formula is C50H36N2O. The van der Waals surface area contributed by atoms with Crippen molar-refractivity contribution in [3.05, 3.63) is 199 Å². The number of para-hydroxylation sites is 1. The second kappa shape index (κ2) is 13.7. The summed E-state index contributed by atoms with van der Waals surface area (Å²) in [5.41, 5.74) is 11.2. The summed E-state index contributed by atoms with van der Waals surface area (Å²) in [5, 5.41) is 7.12. The molecule has 53 heavy (non-hydrogen) atoms. The average Bonchev–Trinajstić information content (AvgIpc) is 3.60. The van der Waals surface area contributed by atoms with Crippen LogP contribution in [0, 0.1) is 0 Å². The third-order valence-electron chi connectivity index (χ3n) is 10.1. The van der Waals surface area contributed by atoms with Crippen molar-refractivity contribution in [3.8, 4) is 22.3 Å². The van der Waals surface area contributed by atoms with Crippen molar-refractivity contribution in [2.45, 2.75) is 13.8 Å². The van der Waals surface area contributed by atoms with Gasteiger partial charge in [0.15, 0.2) is 5.84 Å². The van der Waals surface area contributed by atoms with Crippen molar-refractivity contribution in [3.63, 3.8) is 0 Å². The molecule has 0 aliphatic heterocycles. The lowest BCUT2D eigenvalue weighted by Crippen LogP contribution is -2.04. The van der Waals surface area contributed by atoms with Gasteiger partial charge in [0.25, 0.3) is 0 Å². The van der Waals surface area contributed by atoms with E-state index in [-0.39, 0.29) is 0 Å². The highest BCUT2D eigenvalue weighted by Gasteiger charge is 2.17. The lowest BCUT2D eigenvalue weighted by molar-refractivity contribution is 0.669. The number of aliphatic imine (C=N–C) groups is 2. The number of furan rings is 1. The van der Waals surface area contributed by atoms with Crippen molar-refractivity contribution in [1.29, 1.82) is 0 Å². The predicted molar refractivity (Wildman–Crippen MR) is 225 cm³/mol. The summed E-state index contributed by atoms with van der Waals surface area (Å²) < 4.78 is 6.25. The molecule has 0 saturated heterocycles. The normalized spacial score (nSPS) is 12.7. The third kappa shape index (κ3) is 5.92. The topological polar surface area (TPSA) is 37.9 Å². The van der Waals surface area contributed by atoms with Crippen LogP contribution in [0.5, 0.6) is 0 Å². The summed E-state index contributed by atoms with van der Waals surface area (Å²) in [5.74, 6) is 0.643. The van der Waals surface area contributed by atoms with Crippen LogP contribution in [0.1, 0.15) is 30.5 Å². The molecule has 0 saturated carbocycles. The molecule has 0 spiro atoms. The molecular weight excluding hydrogens is 645 g/mol. The van der Waals surface area contributed by atoms with Crippen molar-refractivity contribution >= 4 is 60.7 Å². The Morgan fingerprint density at radius 1 is 0.434 bits per heavy atom. The number of hydrogen-bond acceptors (Lipinski definition) is 2. The molecule has 1 aromatic heterocycles.